The smallest absolute Gasteiger partial charge is 0.257 e. The number of carbonyl (C=O) groups excluding carboxylic acids is 1. The molecule has 0 radical (unpaired) electrons. The Labute approximate surface area is 112 Å². The number of hydrogen-bond donors (Lipinski definition) is 1. The van der Waals surface area contributed by atoms with Gasteiger partial charge in [0.2, 0.25) is 0 Å². The molecule has 104 valence electrons. The molecule has 5 heteroatoms. The predicted molar refractivity (Wildman–Crippen MR) is 70.5 cm³/mol. The number of nitrogens with one attached hydrogen (secondary N) is 1. The van der Waals surface area contributed by atoms with Gasteiger partial charge >= 0.3 is 0 Å². The third-order valence-electron chi connectivity index (χ3n) is 3.27. The molecular formula is C14H19FN2O2. The van der Waals surface area contributed by atoms with Gasteiger partial charge in [0.15, 0.2) is 18.2 Å². The van der Waals surface area contributed by atoms with Crippen LogP contribution in [0.1, 0.15) is 6.42 Å². The Morgan fingerprint density at radius 1 is 1.53 bits per heavy atom. The first kappa shape index (κ1) is 13.8. The minimum Gasteiger partial charge on any atom is -0.481 e. The first-order valence-electron chi connectivity index (χ1n) is 6.47. The SMILES string of the molecule is CN1CCC(CNC(=O)COc2ccccc2F)C1. The van der Waals surface area contributed by atoms with Crippen molar-refractivity contribution in [2.45, 2.75) is 6.42 Å². The second-order valence-corrected chi connectivity index (χ2v) is 4.94. The molecule has 0 aliphatic carbocycles. The van der Waals surface area contributed by atoms with Crippen LogP contribution in [0.3, 0.4) is 0 Å². The van der Waals surface area contributed by atoms with E-state index in [1.54, 1.807) is 12.1 Å². The molecule has 2 rings (SSSR count). The molecule has 1 saturated heterocycles. The summed E-state index contributed by atoms with van der Waals surface area (Å²) in [5, 5.41) is 2.82. The highest BCUT2D eigenvalue weighted by Gasteiger charge is 2.19. The topological polar surface area (TPSA) is 41.6 Å². The van der Waals surface area contributed by atoms with Crippen LogP contribution in [0.5, 0.6) is 5.75 Å². The van der Waals surface area contributed by atoms with Crippen molar-refractivity contribution in [3.8, 4) is 5.75 Å². The lowest BCUT2D eigenvalue weighted by atomic mass is 10.1. The lowest BCUT2D eigenvalue weighted by Crippen LogP contribution is -2.34. The molecule has 1 fully saturated rings. The Morgan fingerprint density at radius 3 is 3.00 bits per heavy atom. The van der Waals surface area contributed by atoms with Crippen LogP contribution < -0.4 is 10.1 Å². The van der Waals surface area contributed by atoms with Gasteiger partial charge in [0, 0.05) is 13.1 Å². The molecule has 0 aromatic heterocycles. The van der Waals surface area contributed by atoms with Gasteiger partial charge in [-0.05, 0) is 38.1 Å². The molecule has 1 atom stereocenters. The molecule has 0 bridgehead atoms. The fraction of sp³-hybridized carbons (Fsp3) is 0.500. The van der Waals surface area contributed by atoms with Gasteiger partial charge in [-0.15, -0.1) is 0 Å². The predicted octanol–water partition coefficient (Wildman–Crippen LogP) is 1.27. The van der Waals surface area contributed by atoms with Crippen LogP contribution in [-0.4, -0.2) is 44.1 Å². The van der Waals surface area contributed by atoms with E-state index in [0.29, 0.717) is 12.5 Å². The summed E-state index contributed by atoms with van der Waals surface area (Å²) in [4.78, 5) is 13.8. The number of nitrogens with zero attached hydrogens (tertiary/aromatic N) is 1. The van der Waals surface area contributed by atoms with Gasteiger partial charge in [0.1, 0.15) is 0 Å². The molecule has 0 saturated carbocycles. The van der Waals surface area contributed by atoms with E-state index in [4.69, 9.17) is 4.74 Å². The number of hydrogen-bond acceptors (Lipinski definition) is 3. The van der Waals surface area contributed by atoms with Crippen LogP contribution in [0.4, 0.5) is 4.39 Å². The average molecular weight is 266 g/mol. The first-order valence-corrected chi connectivity index (χ1v) is 6.47. The number of benzene rings is 1. The maximum absolute atomic E-state index is 13.3. The van der Waals surface area contributed by atoms with Crippen LogP contribution >= 0.6 is 0 Å². The van der Waals surface area contributed by atoms with Gasteiger partial charge in [-0.25, -0.2) is 4.39 Å². The molecule has 1 aromatic rings. The van der Waals surface area contributed by atoms with Crippen molar-refractivity contribution in [2.24, 2.45) is 5.92 Å². The third-order valence-corrected chi connectivity index (χ3v) is 3.27. The maximum Gasteiger partial charge on any atom is 0.257 e. The second kappa shape index (κ2) is 6.52. The van der Waals surface area contributed by atoms with Crippen molar-refractivity contribution in [3.63, 3.8) is 0 Å². The standard InChI is InChI=1S/C14H19FN2O2/c1-17-7-6-11(9-17)8-16-14(18)10-19-13-5-3-2-4-12(13)15/h2-5,11H,6-10H2,1H3,(H,16,18). The lowest BCUT2D eigenvalue weighted by molar-refractivity contribution is -0.123. The van der Waals surface area contributed by atoms with Gasteiger partial charge in [0.25, 0.3) is 5.91 Å². The van der Waals surface area contributed by atoms with E-state index in [0.717, 1.165) is 19.5 Å². The van der Waals surface area contributed by atoms with Gasteiger partial charge < -0.3 is 15.0 Å². The molecule has 1 N–H and O–H groups in total. The Bertz CT molecular complexity index is 439. The molecular weight excluding hydrogens is 247 g/mol. The Hall–Kier alpha value is -1.62. The monoisotopic (exact) mass is 266 g/mol. The lowest BCUT2D eigenvalue weighted by Gasteiger charge is -2.12. The number of carbonyl (C=O) groups is 1. The summed E-state index contributed by atoms with van der Waals surface area (Å²) < 4.78 is 18.4. The van der Waals surface area contributed by atoms with Crippen molar-refractivity contribution in [3.05, 3.63) is 30.1 Å². The molecule has 1 amide bonds. The summed E-state index contributed by atoms with van der Waals surface area (Å²) >= 11 is 0. The van der Waals surface area contributed by atoms with Crippen LogP contribution in [0.15, 0.2) is 24.3 Å². The minimum absolute atomic E-state index is 0.109. The van der Waals surface area contributed by atoms with Gasteiger partial charge in [0.05, 0.1) is 0 Å². The number of likely N-dealkylation sites (tertiary alicyclic amines) is 1. The summed E-state index contributed by atoms with van der Waals surface area (Å²) in [5.41, 5.74) is 0. The van der Waals surface area contributed by atoms with E-state index in [2.05, 4.69) is 17.3 Å². The molecule has 19 heavy (non-hydrogen) atoms. The van der Waals surface area contributed by atoms with E-state index in [1.165, 1.54) is 12.1 Å². The van der Waals surface area contributed by atoms with E-state index < -0.39 is 5.82 Å². The van der Waals surface area contributed by atoms with Gasteiger partial charge in [-0.1, -0.05) is 12.1 Å². The van der Waals surface area contributed by atoms with E-state index in [-0.39, 0.29) is 18.3 Å². The molecule has 1 aliphatic heterocycles. The van der Waals surface area contributed by atoms with Crippen LogP contribution in [0.2, 0.25) is 0 Å². The second-order valence-electron chi connectivity index (χ2n) is 4.94. The summed E-state index contributed by atoms with van der Waals surface area (Å²) in [6, 6.07) is 6.07. The molecule has 1 unspecified atom stereocenters. The van der Waals surface area contributed by atoms with Crippen LogP contribution in [-0.2, 0) is 4.79 Å². The van der Waals surface area contributed by atoms with Crippen molar-refractivity contribution in [2.75, 3.05) is 33.3 Å². The van der Waals surface area contributed by atoms with Gasteiger partial charge in [-0.2, -0.15) is 0 Å². The maximum atomic E-state index is 13.3. The highest BCUT2D eigenvalue weighted by Crippen LogP contribution is 2.15. The highest BCUT2D eigenvalue weighted by atomic mass is 19.1. The minimum atomic E-state index is -0.451. The third kappa shape index (κ3) is 4.21. The largest absolute Gasteiger partial charge is 0.481 e. The summed E-state index contributed by atoms with van der Waals surface area (Å²) in [6.07, 6.45) is 1.10. The molecule has 4 nitrogen and oxygen atoms in total. The number of amides is 1. The molecule has 1 heterocycles. The quantitative estimate of drug-likeness (QED) is 0.872. The van der Waals surface area contributed by atoms with Crippen molar-refractivity contribution < 1.29 is 13.9 Å². The van der Waals surface area contributed by atoms with E-state index in [1.807, 2.05) is 0 Å². The normalized spacial score (nSPS) is 19.4. The average Bonchev–Trinajstić information content (AvgIpc) is 2.81. The number of halogens is 1. The Balaban J connectivity index is 1.69. The van der Waals surface area contributed by atoms with Crippen molar-refractivity contribution in [1.82, 2.24) is 10.2 Å². The summed E-state index contributed by atoms with van der Waals surface area (Å²) in [7, 11) is 2.07. The number of rotatable bonds is 5. The first-order chi connectivity index (χ1) is 9.15. The van der Waals surface area contributed by atoms with Crippen LogP contribution in [0.25, 0.3) is 0 Å². The molecule has 0 spiro atoms. The zero-order valence-electron chi connectivity index (χ0n) is 11.1. The van der Waals surface area contributed by atoms with E-state index >= 15 is 0 Å². The van der Waals surface area contributed by atoms with Crippen molar-refractivity contribution in [1.29, 1.82) is 0 Å². The fourth-order valence-electron chi connectivity index (χ4n) is 2.21. The summed E-state index contributed by atoms with van der Waals surface area (Å²) in [5.74, 6) is -0.0498. The van der Waals surface area contributed by atoms with Crippen molar-refractivity contribution >= 4 is 5.91 Å². The van der Waals surface area contributed by atoms with E-state index in [9.17, 15) is 9.18 Å². The zero-order chi connectivity index (χ0) is 13.7. The Morgan fingerprint density at radius 2 is 2.32 bits per heavy atom. The number of para-hydroxylation sites is 1. The van der Waals surface area contributed by atoms with Gasteiger partial charge in [-0.3, -0.25) is 4.79 Å². The molecule has 1 aliphatic rings. The Kier molecular flexibility index (Phi) is 4.74. The van der Waals surface area contributed by atoms with Crippen LogP contribution in [0, 0.1) is 11.7 Å². The number of ether oxygens (including phenoxy) is 1. The summed E-state index contributed by atoms with van der Waals surface area (Å²) in [6.45, 7) is 2.59. The zero-order valence-corrected chi connectivity index (χ0v) is 11.1. The molecule has 1 aromatic carbocycles. The fourth-order valence-corrected chi connectivity index (χ4v) is 2.21. The highest BCUT2D eigenvalue weighted by molar-refractivity contribution is 5.77.